The molecule has 0 radical (unpaired) electrons. The first-order chi connectivity index (χ1) is 5.88. The minimum absolute atomic E-state index is 0.972. The van der Waals surface area contributed by atoms with E-state index < -0.39 is 0 Å². The van der Waals surface area contributed by atoms with Gasteiger partial charge in [0.05, 0.1) is 12.0 Å². The summed E-state index contributed by atoms with van der Waals surface area (Å²) < 4.78 is 2.18. The van der Waals surface area contributed by atoms with Crippen LogP contribution in [0, 0.1) is 0 Å². The highest BCUT2D eigenvalue weighted by Crippen LogP contribution is 2.01. The van der Waals surface area contributed by atoms with Gasteiger partial charge in [-0.15, -0.1) is 6.58 Å². The van der Waals surface area contributed by atoms with Crippen LogP contribution in [0.1, 0.15) is 12.6 Å². The van der Waals surface area contributed by atoms with Crippen LogP contribution in [0.15, 0.2) is 25.2 Å². The van der Waals surface area contributed by atoms with Crippen LogP contribution in [0.4, 0.5) is 0 Å². The van der Waals surface area contributed by atoms with Gasteiger partial charge in [0.15, 0.2) is 0 Å². The molecule has 12 heavy (non-hydrogen) atoms. The minimum atomic E-state index is 0.972. The van der Waals surface area contributed by atoms with E-state index in [0.717, 1.165) is 19.6 Å². The number of hydrogen-bond donors (Lipinski definition) is 1. The molecule has 1 aliphatic heterocycles. The zero-order chi connectivity index (χ0) is 8.81. The van der Waals surface area contributed by atoms with E-state index in [1.165, 1.54) is 5.69 Å². The minimum Gasteiger partial charge on any atom is -0.332 e. The number of imidazole rings is 1. The second-order valence-electron chi connectivity index (χ2n) is 2.66. The van der Waals surface area contributed by atoms with E-state index in [1.807, 2.05) is 19.4 Å². The molecule has 3 nitrogen and oxygen atoms in total. The summed E-state index contributed by atoms with van der Waals surface area (Å²) >= 11 is 0. The summed E-state index contributed by atoms with van der Waals surface area (Å²) in [7, 11) is 0. The summed E-state index contributed by atoms with van der Waals surface area (Å²) in [6.07, 6.45) is 5.54. The Kier molecular flexibility index (Phi) is 3.54. The van der Waals surface area contributed by atoms with Gasteiger partial charge in [-0.1, -0.05) is 6.08 Å². The van der Waals surface area contributed by atoms with Gasteiger partial charge in [-0.25, -0.2) is 4.98 Å². The molecular weight excluding hydrogens is 150 g/mol. The quantitative estimate of drug-likeness (QED) is 0.585. The Hall–Kier alpha value is -1.09. The van der Waals surface area contributed by atoms with Crippen LogP contribution < -0.4 is 5.32 Å². The molecule has 0 spiro atoms. The van der Waals surface area contributed by atoms with Crippen molar-refractivity contribution in [3.05, 3.63) is 30.9 Å². The molecule has 66 valence electrons. The lowest BCUT2D eigenvalue weighted by Crippen LogP contribution is -2.27. The Bertz CT molecular complexity index is 219. The predicted octanol–water partition coefficient (Wildman–Crippen LogP) is 1.18. The second kappa shape index (κ2) is 4.72. The molecule has 2 heterocycles. The molecule has 0 unspecified atom stereocenters. The monoisotopic (exact) mass is 165 g/mol. The van der Waals surface area contributed by atoms with Crippen molar-refractivity contribution in [1.82, 2.24) is 14.9 Å². The maximum absolute atomic E-state index is 4.03. The third kappa shape index (κ3) is 2.20. The average molecular weight is 165 g/mol. The van der Waals surface area contributed by atoms with Gasteiger partial charge in [-0.2, -0.15) is 0 Å². The Morgan fingerprint density at radius 3 is 3.17 bits per heavy atom. The number of hydrogen-bond acceptors (Lipinski definition) is 2. The van der Waals surface area contributed by atoms with Crippen molar-refractivity contribution in [1.29, 1.82) is 0 Å². The highest BCUT2D eigenvalue weighted by Gasteiger charge is 2.04. The van der Waals surface area contributed by atoms with Crippen LogP contribution in [-0.2, 0) is 13.1 Å². The van der Waals surface area contributed by atoms with Crippen LogP contribution in [0.3, 0.4) is 0 Å². The highest BCUT2D eigenvalue weighted by molar-refractivity contribution is 4.99. The number of aromatic nitrogens is 2. The molecule has 1 aliphatic rings. The van der Waals surface area contributed by atoms with E-state index in [4.69, 9.17) is 0 Å². The fraction of sp³-hybridized carbons (Fsp3) is 0.444. The van der Waals surface area contributed by atoms with Gasteiger partial charge in [0, 0.05) is 25.8 Å². The normalized spacial score (nSPS) is 14.1. The van der Waals surface area contributed by atoms with Crippen LogP contribution in [-0.4, -0.2) is 16.1 Å². The fourth-order valence-corrected chi connectivity index (χ4v) is 1.11. The first-order valence-corrected chi connectivity index (χ1v) is 4.15. The van der Waals surface area contributed by atoms with E-state index in [-0.39, 0.29) is 0 Å². The lowest BCUT2D eigenvalue weighted by Gasteiger charge is -2.14. The van der Waals surface area contributed by atoms with E-state index in [9.17, 15) is 0 Å². The molecule has 3 heteroatoms. The van der Waals surface area contributed by atoms with Crippen LogP contribution in [0.25, 0.3) is 0 Å². The largest absolute Gasteiger partial charge is 0.332 e. The topological polar surface area (TPSA) is 29.9 Å². The van der Waals surface area contributed by atoms with Crippen molar-refractivity contribution in [3.8, 4) is 0 Å². The predicted molar refractivity (Wildman–Crippen MR) is 49.8 cm³/mol. The number of nitrogens with one attached hydrogen (secondary N) is 1. The van der Waals surface area contributed by atoms with Gasteiger partial charge in [0.2, 0.25) is 0 Å². The number of nitrogens with zero attached hydrogens (tertiary/aromatic N) is 2. The van der Waals surface area contributed by atoms with Gasteiger partial charge in [-0.3, -0.25) is 0 Å². The molecule has 0 aliphatic carbocycles. The van der Waals surface area contributed by atoms with Crippen molar-refractivity contribution in [2.75, 3.05) is 6.54 Å². The van der Waals surface area contributed by atoms with Crippen molar-refractivity contribution < 1.29 is 0 Å². The molecule has 2 rings (SSSR count). The molecule has 0 atom stereocenters. The number of allylic oxidation sites excluding steroid dienone is 1. The van der Waals surface area contributed by atoms with Crippen LogP contribution >= 0.6 is 0 Å². The van der Waals surface area contributed by atoms with E-state index in [1.54, 1.807) is 6.08 Å². The SMILES string of the molecule is C=CC.c1ncn2c1CNCC2. The summed E-state index contributed by atoms with van der Waals surface area (Å²) in [5.74, 6) is 0. The summed E-state index contributed by atoms with van der Waals surface area (Å²) in [6, 6.07) is 0. The summed E-state index contributed by atoms with van der Waals surface area (Å²) in [6.45, 7) is 8.36. The third-order valence-electron chi connectivity index (χ3n) is 1.63. The molecule has 1 aromatic heterocycles. The van der Waals surface area contributed by atoms with Crippen molar-refractivity contribution in [3.63, 3.8) is 0 Å². The smallest absolute Gasteiger partial charge is 0.0949 e. The lowest BCUT2D eigenvalue weighted by molar-refractivity contribution is 0.516. The van der Waals surface area contributed by atoms with E-state index in [0.29, 0.717) is 0 Å². The number of rotatable bonds is 0. The van der Waals surface area contributed by atoms with Crippen LogP contribution in [0.2, 0.25) is 0 Å². The Morgan fingerprint density at radius 2 is 2.50 bits per heavy atom. The van der Waals surface area contributed by atoms with Gasteiger partial charge in [0.25, 0.3) is 0 Å². The molecule has 1 aromatic rings. The second-order valence-corrected chi connectivity index (χ2v) is 2.66. The summed E-state index contributed by atoms with van der Waals surface area (Å²) in [4.78, 5) is 4.03. The van der Waals surface area contributed by atoms with Crippen molar-refractivity contribution in [2.45, 2.75) is 20.0 Å². The third-order valence-corrected chi connectivity index (χ3v) is 1.63. The molecule has 1 N–H and O–H groups in total. The summed E-state index contributed by atoms with van der Waals surface area (Å²) in [5, 5.41) is 3.27. The maximum atomic E-state index is 4.03. The molecular formula is C9H15N3. The zero-order valence-corrected chi connectivity index (χ0v) is 7.45. The molecule has 0 fully saturated rings. The molecule has 0 saturated carbocycles. The fourth-order valence-electron chi connectivity index (χ4n) is 1.11. The lowest BCUT2D eigenvalue weighted by atomic mass is 10.4. The Balaban J connectivity index is 0.000000213. The van der Waals surface area contributed by atoms with Crippen LogP contribution in [0.5, 0.6) is 0 Å². The van der Waals surface area contributed by atoms with Gasteiger partial charge in [-0.05, 0) is 6.92 Å². The maximum Gasteiger partial charge on any atom is 0.0949 e. The van der Waals surface area contributed by atoms with Crippen molar-refractivity contribution >= 4 is 0 Å². The Labute approximate surface area is 73.1 Å². The Morgan fingerprint density at radius 1 is 1.75 bits per heavy atom. The first kappa shape index (κ1) is 9.00. The average Bonchev–Trinajstić information content (AvgIpc) is 2.52. The molecule has 0 saturated heterocycles. The van der Waals surface area contributed by atoms with Crippen molar-refractivity contribution in [2.24, 2.45) is 0 Å². The van der Waals surface area contributed by atoms with Gasteiger partial charge >= 0.3 is 0 Å². The zero-order valence-electron chi connectivity index (χ0n) is 7.45. The molecule has 0 bridgehead atoms. The molecule has 0 amide bonds. The number of fused-ring (bicyclic) bond motifs is 1. The van der Waals surface area contributed by atoms with Gasteiger partial charge < -0.3 is 9.88 Å². The first-order valence-electron chi connectivity index (χ1n) is 4.15. The van der Waals surface area contributed by atoms with E-state index in [2.05, 4.69) is 21.4 Å². The van der Waals surface area contributed by atoms with Gasteiger partial charge in [0.1, 0.15) is 0 Å². The molecule has 0 aromatic carbocycles. The van der Waals surface area contributed by atoms with E-state index >= 15 is 0 Å². The highest BCUT2D eigenvalue weighted by atomic mass is 15.1. The standard InChI is InChI=1S/C6H9N3.C3H6/c1-2-9-5-8-4-6(9)3-7-1;1-3-2/h4-5,7H,1-3H2;3H,1H2,2H3. The summed E-state index contributed by atoms with van der Waals surface area (Å²) in [5.41, 5.74) is 1.29.